The van der Waals surface area contributed by atoms with E-state index in [2.05, 4.69) is 5.10 Å². The van der Waals surface area contributed by atoms with Crippen molar-refractivity contribution in [1.29, 1.82) is 0 Å². The molecule has 0 aliphatic carbocycles. The Morgan fingerprint density at radius 2 is 1.80 bits per heavy atom. The van der Waals surface area contributed by atoms with Crippen LogP contribution in [0.25, 0.3) is 16.9 Å². The summed E-state index contributed by atoms with van der Waals surface area (Å²) in [5, 5.41) is 6.59. The maximum atomic E-state index is 10.3. The molecule has 3 aromatic rings. The Balaban J connectivity index is 0.00000225. The van der Waals surface area contributed by atoms with Gasteiger partial charge < -0.3 is 10.2 Å². The summed E-state index contributed by atoms with van der Waals surface area (Å²) < 4.78 is 6.97. The van der Waals surface area contributed by atoms with Crippen LogP contribution in [0.4, 0.5) is 0 Å². The van der Waals surface area contributed by atoms with E-state index in [9.17, 15) is 4.91 Å². The van der Waals surface area contributed by atoms with E-state index in [-0.39, 0.29) is 12.1 Å². The number of benzene rings is 2. The minimum Gasteiger partial charge on any atom is -0.870 e. The van der Waals surface area contributed by atoms with Gasteiger partial charge in [0.1, 0.15) is 11.4 Å². The van der Waals surface area contributed by atoms with Gasteiger partial charge in [-0.1, -0.05) is 23.7 Å². The minimum atomic E-state index is 0. The van der Waals surface area contributed by atoms with Crippen LogP contribution in [-0.2, 0) is 11.4 Å². The number of aromatic nitrogens is 2. The van der Waals surface area contributed by atoms with Crippen LogP contribution < -0.4 is 10.1 Å². The molecule has 3 rings (SSSR count). The second-order valence-electron chi connectivity index (χ2n) is 5.01. The lowest BCUT2D eigenvalue weighted by Crippen LogP contribution is -2.62. The number of hydrogen-bond acceptors (Lipinski definition) is 5. The molecular formula is C17H16ClN3O4. The maximum absolute atomic E-state index is 10.3. The van der Waals surface area contributed by atoms with E-state index in [1.807, 2.05) is 54.6 Å². The summed E-state index contributed by atoms with van der Waals surface area (Å²) >= 11 is 5.96. The van der Waals surface area contributed by atoms with Crippen molar-refractivity contribution in [2.45, 2.75) is 6.61 Å². The van der Waals surface area contributed by atoms with Crippen molar-refractivity contribution in [2.24, 2.45) is 0 Å². The fourth-order valence-corrected chi connectivity index (χ4v) is 2.48. The van der Waals surface area contributed by atoms with Crippen molar-refractivity contribution in [3.8, 4) is 22.7 Å². The van der Waals surface area contributed by atoms with Crippen molar-refractivity contribution in [3.63, 3.8) is 0 Å². The molecule has 0 amide bonds. The average Bonchev–Trinajstić information content (AvgIpc) is 3.05. The van der Waals surface area contributed by atoms with Crippen LogP contribution in [0, 0.1) is 4.91 Å². The molecule has 130 valence electrons. The van der Waals surface area contributed by atoms with Gasteiger partial charge in [0.25, 0.3) is 0 Å². The van der Waals surface area contributed by atoms with Crippen LogP contribution in [0.15, 0.2) is 54.6 Å². The molecule has 0 saturated carbocycles. The zero-order valence-corrected chi connectivity index (χ0v) is 14.1. The van der Waals surface area contributed by atoms with Gasteiger partial charge in [-0.3, -0.25) is 0 Å². The van der Waals surface area contributed by atoms with Gasteiger partial charge in [0.2, 0.25) is 11.9 Å². The molecule has 25 heavy (non-hydrogen) atoms. The number of halogens is 1. The first kappa shape index (κ1) is 18.4. The molecule has 7 nitrogen and oxygen atoms in total. The predicted molar refractivity (Wildman–Crippen MR) is 91.6 cm³/mol. The molecule has 0 unspecified atom stereocenters. The summed E-state index contributed by atoms with van der Waals surface area (Å²) in [5.74, 6) is 0.762. The third-order valence-corrected chi connectivity index (χ3v) is 3.75. The van der Waals surface area contributed by atoms with Gasteiger partial charge in [0.05, 0.1) is 23.4 Å². The summed E-state index contributed by atoms with van der Waals surface area (Å²) in [7, 11) is 1.62. The molecule has 0 bridgehead atoms. The molecule has 0 fully saturated rings. The Bertz CT molecular complexity index is 832. The first-order chi connectivity index (χ1) is 11.7. The third-order valence-electron chi connectivity index (χ3n) is 3.50. The van der Waals surface area contributed by atoms with E-state index in [0.717, 1.165) is 22.7 Å². The average molecular weight is 362 g/mol. The molecule has 0 atom stereocenters. The lowest BCUT2D eigenvalue weighted by Gasteiger charge is -2.08. The second kappa shape index (κ2) is 8.27. The van der Waals surface area contributed by atoms with Crippen LogP contribution in [0.5, 0.6) is 5.75 Å². The number of methoxy groups -OCH3 is 1. The molecule has 0 aliphatic heterocycles. The molecule has 8 heteroatoms. The van der Waals surface area contributed by atoms with Crippen LogP contribution in [0.2, 0.25) is 5.02 Å². The van der Waals surface area contributed by atoms with Crippen LogP contribution in [0.1, 0.15) is 5.69 Å². The van der Waals surface area contributed by atoms with E-state index >= 15 is 0 Å². The van der Waals surface area contributed by atoms with Crippen LogP contribution >= 0.6 is 11.6 Å². The number of nitrogens with zero attached hydrogens (tertiary/aromatic N) is 2. The van der Waals surface area contributed by atoms with E-state index in [1.54, 1.807) is 11.8 Å². The first-order valence-corrected chi connectivity index (χ1v) is 7.57. The lowest BCUT2D eigenvalue weighted by molar-refractivity contribution is -0.775. The standard InChI is InChI=1S/C17H15ClN3O3.H2O/c1-23-16-8-6-15(7-9-16)21-17(10-14(19-21)11-24-20-22)12-2-4-13(18)5-3-12;/h2-10,20H,11H2,1H3;1H2/q+1;/p-1. The van der Waals surface area contributed by atoms with E-state index < -0.39 is 0 Å². The molecule has 0 spiro atoms. The summed E-state index contributed by atoms with van der Waals surface area (Å²) in [4.78, 5) is 15.0. The van der Waals surface area contributed by atoms with E-state index in [1.165, 1.54) is 5.34 Å². The fourth-order valence-electron chi connectivity index (χ4n) is 2.35. The third kappa shape index (κ3) is 4.14. The van der Waals surface area contributed by atoms with Crippen molar-refractivity contribution in [2.75, 3.05) is 7.11 Å². The summed E-state index contributed by atoms with van der Waals surface area (Å²) in [5.41, 5.74) is 3.30. The Labute approximate surface area is 149 Å². The zero-order valence-electron chi connectivity index (χ0n) is 13.3. The number of hydrogen-bond donors (Lipinski definition) is 1. The number of nitrogens with one attached hydrogen (secondary N) is 1. The second-order valence-corrected chi connectivity index (χ2v) is 5.45. The Morgan fingerprint density at radius 3 is 2.40 bits per heavy atom. The first-order valence-electron chi connectivity index (χ1n) is 7.19. The largest absolute Gasteiger partial charge is 0.870 e. The van der Waals surface area contributed by atoms with E-state index in [4.69, 9.17) is 21.2 Å². The van der Waals surface area contributed by atoms with Crippen molar-refractivity contribution in [3.05, 3.63) is 70.2 Å². The van der Waals surface area contributed by atoms with Crippen molar-refractivity contribution < 1.29 is 20.4 Å². The van der Waals surface area contributed by atoms with Crippen molar-refractivity contribution >= 4 is 11.6 Å². The fraction of sp³-hybridized carbons (Fsp3) is 0.118. The Kier molecular flexibility index (Phi) is 6.10. The SMILES string of the molecule is COc1ccc(-n2nc(CO[NH+]=O)cc2-c2ccc(Cl)cc2)cc1.[OH-]. The van der Waals surface area contributed by atoms with Crippen LogP contribution in [0.3, 0.4) is 0 Å². The lowest BCUT2D eigenvalue weighted by atomic mass is 10.1. The van der Waals surface area contributed by atoms with Gasteiger partial charge in [-0.15, -0.1) is 0 Å². The number of rotatable bonds is 6. The minimum absolute atomic E-state index is 0. The molecule has 0 radical (unpaired) electrons. The summed E-state index contributed by atoms with van der Waals surface area (Å²) in [6, 6.07) is 16.9. The molecule has 0 aliphatic rings. The zero-order chi connectivity index (χ0) is 16.9. The maximum Gasteiger partial charge on any atom is 0.208 e. The number of ether oxygens (including phenoxy) is 1. The van der Waals surface area contributed by atoms with Gasteiger partial charge in [0, 0.05) is 10.6 Å². The van der Waals surface area contributed by atoms with Crippen molar-refractivity contribution in [1.82, 2.24) is 9.78 Å². The molecule has 0 saturated heterocycles. The highest BCUT2D eigenvalue weighted by Gasteiger charge is 2.13. The van der Waals surface area contributed by atoms with Gasteiger partial charge in [-0.2, -0.15) is 5.10 Å². The highest BCUT2D eigenvalue weighted by atomic mass is 35.5. The highest BCUT2D eigenvalue weighted by Crippen LogP contribution is 2.26. The van der Waals surface area contributed by atoms with E-state index in [0.29, 0.717) is 10.7 Å². The molecule has 2 N–H and O–H groups in total. The quantitative estimate of drug-likeness (QED) is 0.679. The van der Waals surface area contributed by atoms with Gasteiger partial charge in [-0.25, -0.2) is 9.52 Å². The summed E-state index contributed by atoms with van der Waals surface area (Å²) in [6.07, 6.45) is 0. The highest BCUT2D eigenvalue weighted by molar-refractivity contribution is 6.30. The smallest absolute Gasteiger partial charge is 0.208 e. The molecule has 2 aromatic carbocycles. The van der Waals surface area contributed by atoms with Crippen LogP contribution in [-0.4, -0.2) is 22.4 Å². The monoisotopic (exact) mass is 361 g/mol. The predicted octanol–water partition coefficient (Wildman–Crippen LogP) is 2.30. The van der Waals surface area contributed by atoms with Gasteiger partial charge in [-0.05, 0) is 42.5 Å². The van der Waals surface area contributed by atoms with Gasteiger partial charge >= 0.3 is 0 Å². The summed E-state index contributed by atoms with van der Waals surface area (Å²) in [6.45, 7) is 0.0627. The normalized spacial score (nSPS) is 10.0. The Hall–Kier alpha value is -2.90. The van der Waals surface area contributed by atoms with Gasteiger partial charge in [0.15, 0.2) is 0 Å². The Morgan fingerprint density at radius 1 is 1.12 bits per heavy atom. The molecular weight excluding hydrogens is 346 g/mol. The molecule has 1 heterocycles. The topological polar surface area (TPSA) is 97.3 Å². The molecule has 1 aromatic heterocycles.